The van der Waals surface area contributed by atoms with Crippen LogP contribution in [-0.2, 0) is 0 Å². The molecule has 1 aliphatic rings. The van der Waals surface area contributed by atoms with E-state index in [2.05, 4.69) is 5.28 Å². The summed E-state index contributed by atoms with van der Waals surface area (Å²) >= 11 is 0. The van der Waals surface area contributed by atoms with Crippen molar-refractivity contribution in [2.24, 2.45) is 5.28 Å². The van der Waals surface area contributed by atoms with E-state index >= 15 is 0 Å². The fourth-order valence-corrected chi connectivity index (χ4v) is 0.889. The lowest BCUT2D eigenvalue weighted by atomic mass is 10.1. The quantitative estimate of drug-likeness (QED) is 0.308. The van der Waals surface area contributed by atoms with Gasteiger partial charge in [0, 0.05) is 0 Å². The Morgan fingerprint density at radius 2 is 2.50 bits per heavy atom. The molecule has 0 radical (unpaired) electrons. The monoisotopic (exact) mass is 147 g/mol. The van der Waals surface area contributed by atoms with Crippen LogP contribution < -0.4 is 0 Å². The summed E-state index contributed by atoms with van der Waals surface area (Å²) in [6.45, 7) is 0.465. The third-order valence-electron chi connectivity index (χ3n) is 1.62. The Morgan fingerprint density at radius 3 is 2.80 bits per heavy atom. The van der Waals surface area contributed by atoms with Gasteiger partial charge in [0.05, 0.1) is 18.1 Å². The molecule has 1 fully saturated rings. The number of aliphatic hydroxyl groups is 1. The van der Waals surface area contributed by atoms with Crippen molar-refractivity contribution in [2.75, 3.05) is 13.2 Å². The summed E-state index contributed by atoms with van der Waals surface area (Å²) in [7, 11) is 0. The average Bonchev–Trinajstić information content (AvgIpc) is 1.86. The largest absolute Gasteiger partial charge is 0.569 e. The van der Waals surface area contributed by atoms with E-state index in [1.54, 1.807) is 0 Å². The van der Waals surface area contributed by atoms with Crippen LogP contribution >= 0.6 is 0 Å². The Labute approximate surface area is 57.5 Å². The zero-order chi connectivity index (χ0) is 7.56. The van der Waals surface area contributed by atoms with Crippen LogP contribution in [0.5, 0.6) is 0 Å². The van der Waals surface area contributed by atoms with Crippen molar-refractivity contribution in [2.45, 2.75) is 12.5 Å². The highest BCUT2D eigenvalue weighted by Gasteiger charge is 2.34. The Balaban J connectivity index is 2.43. The first kappa shape index (κ1) is 7.07. The number of hydrazine groups is 1. The molecule has 0 bridgehead atoms. The molecule has 0 aromatic heterocycles. The minimum atomic E-state index is -0.173. The normalized spacial score (nSPS) is 26.3. The van der Waals surface area contributed by atoms with Crippen LogP contribution in [0, 0.1) is 5.21 Å². The first-order valence-corrected chi connectivity index (χ1v) is 2.99. The van der Waals surface area contributed by atoms with Gasteiger partial charge in [-0.2, -0.15) is 0 Å². The number of rotatable bonds is 2. The predicted molar refractivity (Wildman–Crippen MR) is 30.0 cm³/mol. The smallest absolute Gasteiger partial charge is 0.230 e. The third kappa shape index (κ3) is 0.971. The maximum Gasteiger partial charge on any atom is 0.230 e. The molecule has 1 atom stereocenters. The fraction of sp³-hybridized carbons (Fsp3) is 1.00. The molecule has 2 N–H and O–H groups in total. The number of hydrogen-bond acceptors (Lipinski definition) is 3. The predicted octanol–water partition coefficient (Wildman–Crippen LogP) is -0.680. The third-order valence-corrected chi connectivity index (χ3v) is 1.62. The Morgan fingerprint density at radius 1 is 1.80 bits per heavy atom. The van der Waals surface area contributed by atoms with E-state index in [4.69, 9.17) is 10.3 Å². The summed E-state index contributed by atoms with van der Waals surface area (Å²) in [5, 5.41) is 30.7. The lowest BCUT2D eigenvalue weighted by Crippen LogP contribution is -2.52. The Hall–Kier alpha value is -1.04. The van der Waals surface area contributed by atoms with E-state index in [1.807, 2.05) is 0 Å². The van der Waals surface area contributed by atoms with Gasteiger partial charge in [-0.05, 0) is 6.42 Å². The van der Waals surface area contributed by atoms with E-state index < -0.39 is 0 Å². The van der Waals surface area contributed by atoms with E-state index in [9.17, 15) is 5.21 Å². The summed E-state index contributed by atoms with van der Waals surface area (Å²) in [6, 6.07) is -0.173. The van der Waals surface area contributed by atoms with Gasteiger partial charge in [0.2, 0.25) is 5.28 Å². The lowest BCUT2D eigenvalue weighted by molar-refractivity contribution is -0.731. The van der Waals surface area contributed by atoms with Crippen LogP contribution in [0.2, 0.25) is 0 Å². The maximum absolute atomic E-state index is 10.5. The molecule has 0 aromatic rings. The van der Waals surface area contributed by atoms with Gasteiger partial charge in [-0.1, -0.05) is 0 Å². The summed E-state index contributed by atoms with van der Waals surface area (Å²) in [5.74, 6) is 0. The molecule has 0 aromatic carbocycles. The van der Waals surface area contributed by atoms with Gasteiger partial charge in [-0.15, -0.1) is 5.01 Å². The van der Waals surface area contributed by atoms with Crippen molar-refractivity contribution >= 4 is 0 Å². The van der Waals surface area contributed by atoms with E-state index in [-0.39, 0.29) is 17.6 Å². The zero-order valence-corrected chi connectivity index (χ0v) is 5.34. The second-order valence-electron chi connectivity index (χ2n) is 2.13. The summed E-state index contributed by atoms with van der Waals surface area (Å²) < 4.78 is 0. The molecule has 0 amide bonds. The molecule has 10 heavy (non-hydrogen) atoms. The molecule has 1 rings (SSSR count). The number of hydrogen-bond donors (Lipinski definition) is 2. The minimum Gasteiger partial charge on any atom is -0.569 e. The highest BCUT2D eigenvalue weighted by molar-refractivity contribution is 4.74. The van der Waals surface area contributed by atoms with Gasteiger partial charge in [0.1, 0.15) is 6.04 Å². The summed E-state index contributed by atoms with van der Waals surface area (Å²) in [4.78, 5) is 0.0877. The molecule has 0 spiro atoms. The van der Waals surface area contributed by atoms with E-state index in [1.165, 1.54) is 5.01 Å². The van der Waals surface area contributed by atoms with Crippen molar-refractivity contribution in [3.05, 3.63) is 5.21 Å². The maximum atomic E-state index is 10.5. The Bertz CT molecular complexity index is 147. The SMILES string of the molecule is [O-][N+](=NO)N1CC[C@H]1CO. The molecule has 1 aliphatic heterocycles. The first-order valence-electron chi connectivity index (χ1n) is 2.99. The number of nitrogens with zero attached hydrogens (tertiary/aromatic N) is 3. The average molecular weight is 147 g/mol. The van der Waals surface area contributed by atoms with Crippen LogP contribution in [0.1, 0.15) is 6.42 Å². The number of aliphatic hydroxyl groups excluding tert-OH is 1. The van der Waals surface area contributed by atoms with Gasteiger partial charge in [0.15, 0.2) is 0 Å². The van der Waals surface area contributed by atoms with Crippen LogP contribution in [0.4, 0.5) is 0 Å². The van der Waals surface area contributed by atoms with Crippen molar-refractivity contribution < 1.29 is 15.3 Å². The van der Waals surface area contributed by atoms with Crippen LogP contribution in [-0.4, -0.2) is 39.5 Å². The zero-order valence-electron chi connectivity index (χ0n) is 5.34. The molecular formula is C4H9N3O3. The highest BCUT2D eigenvalue weighted by atomic mass is 16.6. The van der Waals surface area contributed by atoms with Crippen LogP contribution in [0.25, 0.3) is 0 Å². The van der Waals surface area contributed by atoms with Crippen LogP contribution in [0.3, 0.4) is 0 Å². The van der Waals surface area contributed by atoms with E-state index in [0.29, 0.717) is 6.54 Å². The second kappa shape index (κ2) is 2.70. The summed E-state index contributed by atoms with van der Waals surface area (Å²) in [6.07, 6.45) is 0.769. The highest BCUT2D eigenvalue weighted by Crippen LogP contribution is 2.15. The molecule has 0 saturated carbocycles. The lowest BCUT2D eigenvalue weighted by Gasteiger charge is -2.33. The van der Waals surface area contributed by atoms with Crippen molar-refractivity contribution in [3.8, 4) is 0 Å². The van der Waals surface area contributed by atoms with Gasteiger partial charge < -0.3 is 15.5 Å². The Kier molecular flexibility index (Phi) is 1.91. The van der Waals surface area contributed by atoms with Crippen molar-refractivity contribution in [1.29, 1.82) is 0 Å². The molecule has 1 saturated heterocycles. The van der Waals surface area contributed by atoms with Gasteiger partial charge >= 0.3 is 0 Å². The van der Waals surface area contributed by atoms with Crippen molar-refractivity contribution in [3.63, 3.8) is 0 Å². The fourth-order valence-electron chi connectivity index (χ4n) is 0.889. The molecule has 6 nitrogen and oxygen atoms in total. The van der Waals surface area contributed by atoms with Crippen molar-refractivity contribution in [1.82, 2.24) is 5.01 Å². The van der Waals surface area contributed by atoms with Gasteiger partial charge in [-0.3, -0.25) is 0 Å². The van der Waals surface area contributed by atoms with Crippen LogP contribution in [0.15, 0.2) is 5.28 Å². The molecule has 1 heterocycles. The molecule has 0 aliphatic carbocycles. The second-order valence-corrected chi connectivity index (χ2v) is 2.13. The van der Waals surface area contributed by atoms with E-state index in [0.717, 1.165) is 6.42 Å². The first-order chi connectivity index (χ1) is 4.79. The topological polar surface area (TPSA) is 82.1 Å². The molecule has 58 valence electrons. The van der Waals surface area contributed by atoms with Gasteiger partial charge in [-0.25, -0.2) is 0 Å². The minimum absolute atomic E-state index is 0.0751. The molecule has 0 unspecified atom stereocenters. The molecule has 6 heteroatoms. The molecular weight excluding hydrogens is 138 g/mol. The standard InChI is InChI=1S/C4H9N3O3/c8-3-4-1-2-6(4)7(10)5-9/h4,8-9H,1-3H2/t4-/m0/s1. The van der Waals surface area contributed by atoms with Gasteiger partial charge in [0.25, 0.3) is 0 Å². The summed E-state index contributed by atoms with van der Waals surface area (Å²) in [5.41, 5.74) is 0.